The van der Waals surface area contributed by atoms with Crippen LogP contribution in [0.3, 0.4) is 0 Å². The number of carbonyl (C=O) groups is 2. The number of nitrogens with one attached hydrogen (secondary N) is 1. The van der Waals surface area contributed by atoms with Crippen molar-refractivity contribution >= 4 is 40.9 Å². The maximum atomic E-state index is 15.7. The van der Waals surface area contributed by atoms with Crippen LogP contribution in [0.15, 0.2) is 60.7 Å². The summed E-state index contributed by atoms with van der Waals surface area (Å²) in [6.07, 6.45) is 0.271. The van der Waals surface area contributed by atoms with Gasteiger partial charge in [0.05, 0.1) is 22.7 Å². The molecular weight excluding hydrogens is 559 g/mol. The zero-order valence-corrected chi connectivity index (χ0v) is 23.5. The van der Waals surface area contributed by atoms with Crippen LogP contribution >= 0.6 is 23.2 Å². The fraction of sp³-hybridized carbons (Fsp3) is 0.300. The van der Waals surface area contributed by atoms with Gasteiger partial charge >= 0.3 is 12.0 Å². The minimum absolute atomic E-state index is 0.000799. The third kappa shape index (κ3) is 5.49. The molecule has 2 amide bonds. The molecule has 0 bridgehead atoms. The van der Waals surface area contributed by atoms with Gasteiger partial charge in [-0.05, 0) is 59.9 Å². The molecule has 1 saturated heterocycles. The molecule has 0 aliphatic carbocycles. The molecule has 1 aliphatic heterocycles. The molecule has 4 rings (SSSR count). The Bertz CT molecular complexity index is 1500. The van der Waals surface area contributed by atoms with Crippen molar-refractivity contribution < 1.29 is 23.5 Å². The fourth-order valence-electron chi connectivity index (χ4n) is 5.45. The lowest BCUT2D eigenvalue weighted by Gasteiger charge is -2.39. The number of aromatic carboxylic acids is 1. The molecule has 3 aromatic rings. The van der Waals surface area contributed by atoms with E-state index in [0.717, 1.165) is 6.07 Å². The standard InChI is InChI=1S/C30H27Cl2F2N3O3/c1-29(2,3)14-25-30(16-35,21-12-9-18(31)13-24(21)33)22(20-5-4-6-23(32)26(20)34)15-37(25)28(40)36-19-10-7-17(8-11-19)27(38)39/h4-13,22,25H,14-15H2,1-3H3,(H,36,40)(H,38,39)/t22-,25+,30-/m1/s1. The van der Waals surface area contributed by atoms with E-state index >= 15 is 8.78 Å². The van der Waals surface area contributed by atoms with Crippen molar-refractivity contribution in [3.63, 3.8) is 0 Å². The Balaban J connectivity index is 1.90. The van der Waals surface area contributed by atoms with Gasteiger partial charge in [-0.25, -0.2) is 18.4 Å². The van der Waals surface area contributed by atoms with Gasteiger partial charge in [0, 0.05) is 28.7 Å². The average molecular weight is 586 g/mol. The molecule has 0 aromatic heterocycles. The van der Waals surface area contributed by atoms with Gasteiger partial charge < -0.3 is 15.3 Å². The molecule has 1 fully saturated rings. The molecule has 2 N–H and O–H groups in total. The quantitative estimate of drug-likeness (QED) is 0.318. The summed E-state index contributed by atoms with van der Waals surface area (Å²) in [5.41, 5.74) is -1.69. The van der Waals surface area contributed by atoms with E-state index in [0.29, 0.717) is 5.69 Å². The number of urea groups is 1. The first-order chi connectivity index (χ1) is 18.8. The Kier molecular flexibility index (Phi) is 8.11. The van der Waals surface area contributed by atoms with Crippen LogP contribution in [0.4, 0.5) is 19.3 Å². The van der Waals surface area contributed by atoms with Crippen molar-refractivity contribution in [3.8, 4) is 6.07 Å². The number of hydrogen-bond acceptors (Lipinski definition) is 3. The summed E-state index contributed by atoms with van der Waals surface area (Å²) in [5, 5.41) is 22.8. The molecular formula is C30H27Cl2F2N3O3. The molecule has 0 spiro atoms. The number of benzene rings is 3. The molecule has 208 valence electrons. The van der Waals surface area contributed by atoms with Crippen molar-refractivity contribution in [2.75, 3.05) is 11.9 Å². The second kappa shape index (κ2) is 11.1. The number of carbonyl (C=O) groups excluding carboxylic acids is 1. The van der Waals surface area contributed by atoms with Crippen LogP contribution in [-0.4, -0.2) is 34.6 Å². The predicted octanol–water partition coefficient (Wildman–Crippen LogP) is 7.87. The third-order valence-electron chi connectivity index (χ3n) is 7.20. The number of anilines is 1. The summed E-state index contributed by atoms with van der Waals surface area (Å²) in [6, 6.07) is 14.8. The molecule has 1 heterocycles. The summed E-state index contributed by atoms with van der Waals surface area (Å²) < 4.78 is 31.2. The number of hydrogen-bond donors (Lipinski definition) is 2. The van der Waals surface area contributed by atoms with E-state index in [2.05, 4.69) is 11.4 Å². The zero-order valence-electron chi connectivity index (χ0n) is 22.0. The molecule has 3 atom stereocenters. The van der Waals surface area contributed by atoms with Crippen molar-refractivity contribution in [2.45, 2.75) is 44.6 Å². The number of nitriles is 1. The first-order valence-corrected chi connectivity index (χ1v) is 13.3. The Hall–Kier alpha value is -3.67. The molecule has 1 aliphatic rings. The lowest BCUT2D eigenvalue weighted by atomic mass is 9.64. The molecule has 10 heteroatoms. The van der Waals surface area contributed by atoms with Crippen LogP contribution in [0.25, 0.3) is 0 Å². The van der Waals surface area contributed by atoms with Crippen LogP contribution in [0.2, 0.25) is 10.0 Å². The summed E-state index contributed by atoms with van der Waals surface area (Å²) in [6.45, 7) is 5.68. The van der Waals surface area contributed by atoms with E-state index in [1.165, 1.54) is 53.4 Å². The van der Waals surface area contributed by atoms with Gasteiger partial charge in [-0.15, -0.1) is 0 Å². The van der Waals surface area contributed by atoms with Gasteiger partial charge in [-0.1, -0.05) is 62.2 Å². The minimum atomic E-state index is -1.71. The van der Waals surface area contributed by atoms with Crippen LogP contribution < -0.4 is 5.32 Å². The predicted molar refractivity (Wildman–Crippen MR) is 150 cm³/mol. The topological polar surface area (TPSA) is 93.4 Å². The fourth-order valence-corrected chi connectivity index (χ4v) is 5.79. The molecule has 3 aromatic carbocycles. The number of carboxylic acids is 1. The Morgan fingerprint density at radius 1 is 1.12 bits per heavy atom. The summed E-state index contributed by atoms with van der Waals surface area (Å²) in [7, 11) is 0. The second-order valence-corrected chi connectivity index (χ2v) is 11.9. The normalized spacial score (nSPS) is 20.7. The Labute approximate surface area is 241 Å². The van der Waals surface area contributed by atoms with Gasteiger partial charge in [0.15, 0.2) is 0 Å². The SMILES string of the molecule is CC(C)(C)C[C@@H]1N(C(=O)Nc2ccc(C(=O)O)cc2)C[C@H](c2cccc(Cl)c2F)[C@@]1(C#N)c1ccc(Cl)cc1F. The lowest BCUT2D eigenvalue weighted by molar-refractivity contribution is 0.0697. The monoisotopic (exact) mass is 585 g/mol. The number of nitrogens with zero attached hydrogens (tertiary/aromatic N) is 2. The summed E-state index contributed by atoms with van der Waals surface area (Å²) >= 11 is 12.2. The minimum Gasteiger partial charge on any atom is -0.478 e. The number of rotatable bonds is 5. The maximum Gasteiger partial charge on any atom is 0.335 e. The smallest absolute Gasteiger partial charge is 0.335 e. The van der Waals surface area contributed by atoms with Crippen LogP contribution in [0.1, 0.15) is 54.6 Å². The van der Waals surface area contributed by atoms with E-state index in [9.17, 15) is 20.0 Å². The van der Waals surface area contributed by atoms with Crippen molar-refractivity contribution in [1.82, 2.24) is 4.90 Å². The van der Waals surface area contributed by atoms with Crippen LogP contribution in [-0.2, 0) is 5.41 Å². The Morgan fingerprint density at radius 2 is 1.80 bits per heavy atom. The van der Waals surface area contributed by atoms with Gasteiger partial charge in [-0.3, -0.25) is 0 Å². The van der Waals surface area contributed by atoms with E-state index in [4.69, 9.17) is 23.2 Å². The molecule has 6 nitrogen and oxygen atoms in total. The largest absolute Gasteiger partial charge is 0.478 e. The van der Waals surface area contributed by atoms with E-state index in [-0.39, 0.29) is 39.7 Å². The maximum absolute atomic E-state index is 15.7. The first-order valence-electron chi connectivity index (χ1n) is 12.5. The van der Waals surface area contributed by atoms with E-state index < -0.39 is 46.4 Å². The lowest BCUT2D eigenvalue weighted by Crippen LogP contribution is -2.49. The number of carboxylic acid groups (broad SMARTS) is 1. The average Bonchev–Trinajstić information content (AvgIpc) is 3.19. The molecule has 0 unspecified atom stereocenters. The highest BCUT2D eigenvalue weighted by molar-refractivity contribution is 6.31. The second-order valence-electron chi connectivity index (χ2n) is 11.0. The highest BCUT2D eigenvalue weighted by atomic mass is 35.5. The van der Waals surface area contributed by atoms with Crippen molar-refractivity contribution in [3.05, 3.63) is 99.0 Å². The number of likely N-dealkylation sites (tertiary alicyclic amines) is 1. The summed E-state index contributed by atoms with van der Waals surface area (Å²) in [5.74, 6) is -3.59. The molecule has 0 radical (unpaired) electrons. The number of amides is 2. The van der Waals surface area contributed by atoms with Crippen LogP contribution in [0.5, 0.6) is 0 Å². The van der Waals surface area contributed by atoms with Gasteiger partial charge in [-0.2, -0.15) is 5.26 Å². The zero-order chi connectivity index (χ0) is 29.4. The van der Waals surface area contributed by atoms with Gasteiger partial charge in [0.25, 0.3) is 0 Å². The van der Waals surface area contributed by atoms with E-state index in [1.54, 1.807) is 6.07 Å². The van der Waals surface area contributed by atoms with Crippen LogP contribution in [0, 0.1) is 28.4 Å². The molecule has 40 heavy (non-hydrogen) atoms. The number of halogens is 4. The van der Waals surface area contributed by atoms with E-state index in [1.807, 2.05) is 20.8 Å². The third-order valence-corrected chi connectivity index (χ3v) is 7.73. The summed E-state index contributed by atoms with van der Waals surface area (Å²) in [4.78, 5) is 26.4. The van der Waals surface area contributed by atoms with Gasteiger partial charge in [0.1, 0.15) is 17.0 Å². The van der Waals surface area contributed by atoms with Gasteiger partial charge in [0.2, 0.25) is 0 Å². The van der Waals surface area contributed by atoms with Crippen molar-refractivity contribution in [1.29, 1.82) is 5.26 Å². The highest BCUT2D eigenvalue weighted by Crippen LogP contribution is 2.53. The highest BCUT2D eigenvalue weighted by Gasteiger charge is 2.60. The van der Waals surface area contributed by atoms with Crippen molar-refractivity contribution in [2.24, 2.45) is 5.41 Å². The first kappa shape index (κ1) is 29.3. The molecule has 0 saturated carbocycles. The Morgan fingerprint density at radius 3 is 2.38 bits per heavy atom.